The van der Waals surface area contributed by atoms with Gasteiger partial charge in [-0.15, -0.1) is 0 Å². The third kappa shape index (κ3) is 3.18. The van der Waals surface area contributed by atoms with Crippen LogP contribution in [-0.4, -0.2) is 17.7 Å². The van der Waals surface area contributed by atoms with Crippen molar-refractivity contribution in [3.05, 3.63) is 0 Å². The fraction of sp³-hybridized carbons (Fsp3) is 0.923. The number of nitrogens with one attached hydrogen (secondary N) is 1. The van der Waals surface area contributed by atoms with Crippen LogP contribution in [0.1, 0.15) is 38.5 Å². The summed E-state index contributed by atoms with van der Waals surface area (Å²) >= 11 is -0.576. The van der Waals surface area contributed by atoms with Crippen molar-refractivity contribution in [2.24, 2.45) is 23.2 Å². The molecular weight excluding hydrogens is 304 g/mol. The predicted molar refractivity (Wildman–Crippen MR) is 68.3 cm³/mol. The van der Waals surface area contributed by atoms with Crippen molar-refractivity contribution >= 4 is 17.9 Å². The van der Waals surface area contributed by atoms with E-state index in [4.69, 9.17) is 0 Å². The zero-order chi connectivity index (χ0) is 15.1. The van der Waals surface area contributed by atoms with Gasteiger partial charge in [0.05, 0.1) is 0 Å². The van der Waals surface area contributed by atoms with Crippen molar-refractivity contribution in [2.75, 3.05) is 6.54 Å². The van der Waals surface area contributed by atoms with Crippen LogP contribution < -0.4 is 10.6 Å². The maximum Gasteiger partial charge on any atom is 0.397 e. The van der Waals surface area contributed by atoms with E-state index in [2.05, 4.69) is 14.7 Å². The first-order chi connectivity index (χ1) is 9.92. The number of amides is 1. The van der Waals surface area contributed by atoms with Crippen LogP contribution in [-0.2, 0) is 14.2 Å². The number of carbonyl (C=O) groups excluding carboxylic acids is 1. The second kappa shape index (κ2) is 5.64. The van der Waals surface area contributed by atoms with Crippen LogP contribution in [0.4, 0.5) is 8.78 Å². The highest BCUT2D eigenvalue weighted by molar-refractivity contribution is 7.96. The average Bonchev–Trinajstić information content (AvgIpc) is 2.41. The zero-order valence-corrected chi connectivity index (χ0v) is 12.3. The van der Waals surface area contributed by atoms with Gasteiger partial charge in [-0.05, 0) is 61.7 Å². The topological polar surface area (TPSA) is 70.6 Å². The zero-order valence-electron chi connectivity index (χ0n) is 11.5. The van der Waals surface area contributed by atoms with Crippen molar-refractivity contribution in [1.29, 1.82) is 0 Å². The number of hydrogen-bond acceptors (Lipinski definition) is 5. The van der Waals surface area contributed by atoms with Gasteiger partial charge in [0.25, 0.3) is 0 Å². The van der Waals surface area contributed by atoms with Crippen LogP contribution in [0.5, 0.6) is 0 Å². The van der Waals surface area contributed by atoms with Crippen LogP contribution in [0, 0.1) is 23.2 Å². The molecule has 1 amide bonds. The first-order valence-electron chi connectivity index (χ1n) is 7.23. The first kappa shape index (κ1) is 15.5. The number of rotatable bonds is 6. The van der Waals surface area contributed by atoms with Gasteiger partial charge in [0.2, 0.25) is 0 Å². The van der Waals surface area contributed by atoms with E-state index < -0.39 is 23.2 Å². The molecule has 0 spiro atoms. The summed E-state index contributed by atoms with van der Waals surface area (Å²) in [6.07, 6.45) is 6.85. The van der Waals surface area contributed by atoms with E-state index in [-0.39, 0.29) is 12.0 Å². The van der Waals surface area contributed by atoms with Gasteiger partial charge in [-0.25, -0.2) is 0 Å². The molecule has 4 fully saturated rings. The quantitative estimate of drug-likeness (QED) is 0.458. The summed E-state index contributed by atoms with van der Waals surface area (Å²) in [4.78, 5) is 11.5. The van der Waals surface area contributed by atoms with Crippen LogP contribution in [0.3, 0.4) is 0 Å². The Morgan fingerprint density at radius 3 is 2.24 bits per heavy atom. The summed E-state index contributed by atoms with van der Waals surface area (Å²) < 4.78 is 30.3. The Kier molecular flexibility index (Phi) is 4.15. The molecule has 4 aliphatic rings. The summed E-state index contributed by atoms with van der Waals surface area (Å²) in [6, 6.07) is 0. The molecule has 0 aromatic carbocycles. The Balaban J connectivity index is 1.56. The van der Waals surface area contributed by atoms with Crippen molar-refractivity contribution < 1.29 is 28.2 Å². The lowest BCUT2D eigenvalue weighted by atomic mass is 9.49. The lowest BCUT2D eigenvalue weighted by Crippen LogP contribution is -2.52. The second-order valence-electron chi connectivity index (χ2n) is 6.84. The molecule has 0 aromatic rings. The molecule has 0 atom stereocenters. The highest BCUT2D eigenvalue weighted by Gasteiger charge is 2.51. The Morgan fingerprint density at radius 2 is 1.76 bits per heavy atom. The SMILES string of the molecule is O=C(NCC12CC3CC(CC(C3)C1)C2)C(F)(F)SOO[O-]. The van der Waals surface area contributed by atoms with E-state index in [1.807, 2.05) is 0 Å². The number of hydrogen-bond donors (Lipinski definition) is 1. The highest BCUT2D eigenvalue weighted by Crippen LogP contribution is 2.59. The first-order valence-corrected chi connectivity index (χ1v) is 7.97. The van der Waals surface area contributed by atoms with E-state index in [9.17, 15) is 18.8 Å². The van der Waals surface area contributed by atoms with Crippen molar-refractivity contribution in [3.8, 4) is 0 Å². The fourth-order valence-corrected chi connectivity index (χ4v) is 5.23. The van der Waals surface area contributed by atoms with Crippen LogP contribution in [0.2, 0.25) is 0 Å². The molecule has 0 radical (unpaired) electrons. The minimum Gasteiger partial charge on any atom is -0.691 e. The maximum atomic E-state index is 13.4. The number of alkyl halides is 2. The molecule has 1 N–H and O–H groups in total. The molecule has 21 heavy (non-hydrogen) atoms. The normalized spacial score (nSPS) is 37.8. The van der Waals surface area contributed by atoms with Crippen molar-refractivity contribution in [2.45, 2.75) is 43.8 Å². The minimum absolute atomic E-state index is 0.0128. The van der Waals surface area contributed by atoms with Crippen LogP contribution >= 0.6 is 12.0 Å². The molecule has 4 rings (SSSR count). The van der Waals surface area contributed by atoms with E-state index >= 15 is 0 Å². The van der Waals surface area contributed by atoms with Gasteiger partial charge in [0, 0.05) is 6.54 Å². The lowest BCUT2D eigenvalue weighted by molar-refractivity contribution is -0.777. The summed E-state index contributed by atoms with van der Waals surface area (Å²) in [6.45, 7) is 0.281. The van der Waals surface area contributed by atoms with E-state index in [1.165, 1.54) is 19.3 Å². The van der Waals surface area contributed by atoms with Gasteiger partial charge in [-0.2, -0.15) is 13.1 Å². The third-order valence-electron chi connectivity index (χ3n) is 5.22. The van der Waals surface area contributed by atoms with Crippen molar-refractivity contribution in [1.82, 2.24) is 5.32 Å². The molecule has 0 aromatic heterocycles. The maximum absolute atomic E-state index is 13.4. The molecule has 4 aliphatic carbocycles. The van der Waals surface area contributed by atoms with Crippen LogP contribution in [0.25, 0.3) is 0 Å². The highest BCUT2D eigenvalue weighted by atomic mass is 32.2. The Hall–Kier alpha value is -0.440. The third-order valence-corrected chi connectivity index (χ3v) is 5.74. The van der Waals surface area contributed by atoms with Gasteiger partial charge in [0.15, 0.2) is 0 Å². The van der Waals surface area contributed by atoms with Gasteiger partial charge >= 0.3 is 11.2 Å². The van der Waals surface area contributed by atoms with E-state index in [0.29, 0.717) is 17.8 Å². The Bertz CT molecular complexity index is 386. The summed E-state index contributed by atoms with van der Waals surface area (Å²) in [5.74, 6) is 0.654. The summed E-state index contributed by atoms with van der Waals surface area (Å²) in [5.41, 5.74) is -0.0128. The Labute approximate surface area is 125 Å². The molecule has 0 saturated heterocycles. The standard InChI is InChI=1S/C13H19F2NO4S/c14-13(15,21-20-19-18)11(17)16-7-12-4-8-1-9(5-12)3-10(2-8)6-12/h8-10,18H,1-7H2,(H,16,17)/p-1. The van der Waals surface area contributed by atoms with E-state index in [1.54, 1.807) is 0 Å². The summed E-state index contributed by atoms with van der Waals surface area (Å²) in [7, 11) is 0. The molecule has 4 saturated carbocycles. The predicted octanol–water partition coefficient (Wildman–Crippen LogP) is 1.78. The summed E-state index contributed by atoms with van der Waals surface area (Å²) in [5, 5.41) is 11.0. The molecule has 5 nitrogen and oxygen atoms in total. The molecular formula is C13H18F2NO4S-. The van der Waals surface area contributed by atoms with Gasteiger partial charge in [-0.3, -0.25) is 9.83 Å². The molecule has 8 heteroatoms. The van der Waals surface area contributed by atoms with Gasteiger partial charge in [0.1, 0.15) is 12.0 Å². The lowest BCUT2D eigenvalue weighted by Gasteiger charge is -2.56. The molecule has 0 aliphatic heterocycles. The smallest absolute Gasteiger partial charge is 0.397 e. The Morgan fingerprint density at radius 1 is 1.24 bits per heavy atom. The largest absolute Gasteiger partial charge is 0.691 e. The average molecular weight is 322 g/mol. The van der Waals surface area contributed by atoms with Crippen molar-refractivity contribution in [3.63, 3.8) is 0 Å². The molecule has 0 heterocycles. The minimum atomic E-state index is -3.83. The number of halogens is 2. The van der Waals surface area contributed by atoms with E-state index in [0.717, 1.165) is 19.3 Å². The van der Waals surface area contributed by atoms with Crippen LogP contribution in [0.15, 0.2) is 0 Å². The monoisotopic (exact) mass is 322 g/mol. The molecule has 120 valence electrons. The number of carbonyl (C=O) groups is 1. The second-order valence-corrected chi connectivity index (χ2v) is 7.65. The molecule has 0 unspecified atom stereocenters. The molecule has 4 bridgehead atoms. The van der Waals surface area contributed by atoms with Gasteiger partial charge < -0.3 is 10.6 Å². The fourth-order valence-electron chi connectivity index (χ4n) is 4.97. The van der Waals surface area contributed by atoms with Gasteiger partial charge in [-0.1, -0.05) is 0 Å².